The van der Waals surface area contributed by atoms with E-state index in [-0.39, 0.29) is 21.8 Å². The molecule has 0 fully saturated rings. The van der Waals surface area contributed by atoms with Crippen LogP contribution in [0.4, 0.5) is 0 Å². The predicted molar refractivity (Wildman–Crippen MR) is 85.3 cm³/mol. The highest BCUT2D eigenvalue weighted by atomic mass is 32.2. The summed E-state index contributed by atoms with van der Waals surface area (Å²) in [5, 5.41) is 0. The zero-order valence-corrected chi connectivity index (χ0v) is 14.8. The molecule has 22 heavy (non-hydrogen) atoms. The summed E-state index contributed by atoms with van der Waals surface area (Å²) >= 11 is 0. The Morgan fingerprint density at radius 1 is 1.09 bits per heavy atom. The third kappa shape index (κ3) is 4.26. The molecule has 0 aliphatic carbocycles. The van der Waals surface area contributed by atoms with Crippen LogP contribution in [0.25, 0.3) is 0 Å². The first-order chi connectivity index (χ1) is 9.96. The third-order valence-electron chi connectivity index (χ3n) is 3.31. The van der Waals surface area contributed by atoms with E-state index in [2.05, 4.69) is 4.72 Å². The van der Waals surface area contributed by atoms with Crippen LogP contribution >= 0.6 is 0 Å². The van der Waals surface area contributed by atoms with Crippen molar-refractivity contribution in [2.45, 2.75) is 23.6 Å². The van der Waals surface area contributed by atoms with Crippen molar-refractivity contribution in [3.8, 4) is 0 Å². The largest absolute Gasteiger partial charge is 0.330 e. The highest BCUT2D eigenvalue weighted by Crippen LogP contribution is 2.21. The lowest BCUT2D eigenvalue weighted by atomic mass is 9.94. The van der Waals surface area contributed by atoms with Crippen molar-refractivity contribution in [2.24, 2.45) is 11.1 Å². The lowest BCUT2D eigenvalue weighted by Gasteiger charge is -2.28. The number of rotatable bonds is 7. The van der Waals surface area contributed by atoms with E-state index in [0.717, 1.165) is 0 Å². The van der Waals surface area contributed by atoms with Crippen molar-refractivity contribution < 1.29 is 16.8 Å². The smallest absolute Gasteiger partial charge is 0.242 e. The SMILES string of the molecule is CNS(=O)(=O)c1ccc(S(=O)(=O)N(C)CC(C)(C)CN)cc1. The van der Waals surface area contributed by atoms with E-state index in [1.807, 2.05) is 13.8 Å². The zero-order chi connectivity index (χ0) is 17.2. The molecule has 0 atom stereocenters. The molecule has 0 bridgehead atoms. The molecule has 0 saturated carbocycles. The number of nitrogens with two attached hydrogens (primary N) is 1. The molecule has 7 nitrogen and oxygen atoms in total. The first-order valence-electron chi connectivity index (χ1n) is 6.66. The van der Waals surface area contributed by atoms with E-state index in [9.17, 15) is 16.8 Å². The Bertz CT molecular complexity index is 710. The van der Waals surface area contributed by atoms with Gasteiger partial charge in [-0.2, -0.15) is 0 Å². The van der Waals surface area contributed by atoms with Crippen molar-refractivity contribution in [3.63, 3.8) is 0 Å². The molecule has 3 N–H and O–H groups in total. The van der Waals surface area contributed by atoms with Gasteiger partial charge in [0, 0.05) is 13.6 Å². The summed E-state index contributed by atoms with van der Waals surface area (Å²) in [5.74, 6) is 0. The van der Waals surface area contributed by atoms with Crippen LogP contribution in [0.3, 0.4) is 0 Å². The van der Waals surface area contributed by atoms with E-state index in [4.69, 9.17) is 5.73 Å². The summed E-state index contributed by atoms with van der Waals surface area (Å²) in [6.45, 7) is 4.37. The molecule has 126 valence electrons. The minimum atomic E-state index is -3.69. The van der Waals surface area contributed by atoms with Gasteiger partial charge in [-0.3, -0.25) is 0 Å². The molecule has 0 amide bonds. The first-order valence-corrected chi connectivity index (χ1v) is 9.59. The van der Waals surface area contributed by atoms with E-state index >= 15 is 0 Å². The van der Waals surface area contributed by atoms with Crippen LogP contribution in [0.2, 0.25) is 0 Å². The fourth-order valence-corrected chi connectivity index (χ4v) is 3.93. The van der Waals surface area contributed by atoms with Gasteiger partial charge in [0.1, 0.15) is 0 Å². The predicted octanol–water partition coefficient (Wildman–Crippen LogP) is 0.200. The second-order valence-corrected chi connectivity index (χ2v) is 9.74. The standard InChI is InChI=1S/C13H23N3O4S2/c1-13(2,9-14)10-16(4)22(19,20)12-7-5-11(6-8-12)21(17,18)15-3/h5-8,15H,9-10,14H2,1-4H3. The molecule has 9 heteroatoms. The summed E-state index contributed by atoms with van der Waals surface area (Å²) < 4.78 is 51.6. The van der Waals surface area contributed by atoms with Gasteiger partial charge in [0.15, 0.2) is 0 Å². The molecule has 0 aromatic heterocycles. The Morgan fingerprint density at radius 3 is 1.95 bits per heavy atom. The van der Waals surface area contributed by atoms with Crippen molar-refractivity contribution in [2.75, 3.05) is 27.2 Å². The van der Waals surface area contributed by atoms with Gasteiger partial charge in [0.25, 0.3) is 0 Å². The van der Waals surface area contributed by atoms with Gasteiger partial charge in [-0.15, -0.1) is 0 Å². The van der Waals surface area contributed by atoms with Crippen LogP contribution in [0.1, 0.15) is 13.8 Å². The topological polar surface area (TPSA) is 110 Å². The third-order valence-corrected chi connectivity index (χ3v) is 6.56. The Hall–Kier alpha value is -1.00. The van der Waals surface area contributed by atoms with Crippen LogP contribution in [0.15, 0.2) is 34.1 Å². The van der Waals surface area contributed by atoms with Crippen LogP contribution in [0, 0.1) is 5.41 Å². The van der Waals surface area contributed by atoms with E-state index in [1.165, 1.54) is 42.7 Å². The number of benzene rings is 1. The summed E-state index contributed by atoms with van der Waals surface area (Å²) in [5.41, 5.74) is 5.27. The van der Waals surface area contributed by atoms with Gasteiger partial charge in [0.2, 0.25) is 20.0 Å². The molecular formula is C13H23N3O4S2. The molecule has 1 aromatic carbocycles. The monoisotopic (exact) mass is 349 g/mol. The van der Waals surface area contributed by atoms with Gasteiger partial charge in [0.05, 0.1) is 9.79 Å². The highest BCUT2D eigenvalue weighted by Gasteiger charge is 2.27. The Morgan fingerprint density at radius 2 is 1.55 bits per heavy atom. The molecular weight excluding hydrogens is 326 g/mol. The van der Waals surface area contributed by atoms with Gasteiger partial charge >= 0.3 is 0 Å². The van der Waals surface area contributed by atoms with Gasteiger partial charge in [-0.25, -0.2) is 25.9 Å². The molecule has 0 aliphatic heterocycles. The number of hydrogen-bond acceptors (Lipinski definition) is 5. The number of hydrogen-bond donors (Lipinski definition) is 2. The quantitative estimate of drug-likeness (QED) is 0.731. The summed E-state index contributed by atoms with van der Waals surface area (Å²) in [4.78, 5) is 0.0526. The van der Waals surface area contributed by atoms with E-state index in [0.29, 0.717) is 6.54 Å². The number of sulfonamides is 2. The minimum Gasteiger partial charge on any atom is -0.330 e. The van der Waals surface area contributed by atoms with Crippen molar-refractivity contribution in [3.05, 3.63) is 24.3 Å². The van der Waals surface area contributed by atoms with Crippen LogP contribution in [-0.4, -0.2) is 48.3 Å². The zero-order valence-electron chi connectivity index (χ0n) is 13.2. The fourth-order valence-electron chi connectivity index (χ4n) is 1.84. The summed E-state index contributed by atoms with van der Waals surface area (Å²) in [6, 6.07) is 5.10. The van der Waals surface area contributed by atoms with Gasteiger partial charge in [-0.05, 0) is 43.3 Å². The molecule has 0 aliphatic rings. The second-order valence-electron chi connectivity index (χ2n) is 5.81. The van der Waals surface area contributed by atoms with Gasteiger partial charge < -0.3 is 5.73 Å². The number of nitrogens with one attached hydrogen (secondary N) is 1. The van der Waals surface area contributed by atoms with Crippen LogP contribution in [0.5, 0.6) is 0 Å². The average molecular weight is 349 g/mol. The number of nitrogens with zero attached hydrogens (tertiary/aromatic N) is 1. The molecule has 0 radical (unpaired) electrons. The Kier molecular flexibility index (Phi) is 5.74. The van der Waals surface area contributed by atoms with E-state index < -0.39 is 20.0 Å². The first kappa shape index (κ1) is 19.0. The van der Waals surface area contributed by atoms with Gasteiger partial charge in [-0.1, -0.05) is 13.8 Å². The highest BCUT2D eigenvalue weighted by molar-refractivity contribution is 7.89. The molecule has 0 heterocycles. The van der Waals surface area contributed by atoms with Crippen molar-refractivity contribution in [1.82, 2.24) is 9.03 Å². The minimum absolute atomic E-state index is 0.0129. The van der Waals surface area contributed by atoms with Crippen molar-refractivity contribution in [1.29, 1.82) is 0 Å². The van der Waals surface area contributed by atoms with Crippen LogP contribution in [-0.2, 0) is 20.0 Å². The maximum absolute atomic E-state index is 12.5. The lowest BCUT2D eigenvalue weighted by molar-refractivity contribution is 0.292. The maximum atomic E-state index is 12.5. The molecule has 1 rings (SSSR count). The average Bonchev–Trinajstić information content (AvgIpc) is 2.46. The van der Waals surface area contributed by atoms with Crippen LogP contribution < -0.4 is 10.5 Å². The summed E-state index contributed by atoms with van der Waals surface area (Å²) in [6.07, 6.45) is 0. The Labute approximate surface area is 132 Å². The molecule has 0 unspecified atom stereocenters. The normalized spacial score (nSPS) is 13.5. The molecule has 1 aromatic rings. The fraction of sp³-hybridized carbons (Fsp3) is 0.538. The molecule has 0 saturated heterocycles. The maximum Gasteiger partial charge on any atom is 0.242 e. The summed E-state index contributed by atoms with van der Waals surface area (Å²) in [7, 11) is -4.51. The van der Waals surface area contributed by atoms with Crippen molar-refractivity contribution >= 4 is 20.0 Å². The van der Waals surface area contributed by atoms with E-state index in [1.54, 1.807) is 0 Å². The molecule has 0 spiro atoms. The second kappa shape index (κ2) is 6.63. The lowest BCUT2D eigenvalue weighted by Crippen LogP contribution is -2.39. The Balaban J connectivity index is 3.09.